The predicted molar refractivity (Wildman–Crippen MR) is 81.6 cm³/mol. The number of nitrogens with zero attached hydrogens (tertiary/aromatic N) is 1. The molecule has 0 saturated carbocycles. The minimum absolute atomic E-state index is 0.273. The lowest BCUT2D eigenvalue weighted by molar-refractivity contribution is 0.267. The SMILES string of the molecule is Cc1cc(OCc2nc3c(N)cccc3o2)ccc1Br. The minimum Gasteiger partial charge on any atom is -0.484 e. The second-order valence-electron chi connectivity index (χ2n) is 4.50. The van der Waals surface area contributed by atoms with Crippen LogP contribution in [0, 0.1) is 6.92 Å². The van der Waals surface area contributed by atoms with Crippen LogP contribution in [-0.2, 0) is 6.61 Å². The molecule has 4 nitrogen and oxygen atoms in total. The lowest BCUT2D eigenvalue weighted by Crippen LogP contribution is -1.96. The number of fused-ring (bicyclic) bond motifs is 1. The van der Waals surface area contributed by atoms with Crippen molar-refractivity contribution in [3.8, 4) is 5.75 Å². The Balaban J connectivity index is 1.79. The molecular weight excluding hydrogens is 320 g/mol. The Morgan fingerprint density at radius 3 is 2.90 bits per heavy atom. The Bertz CT molecular complexity index is 768. The van der Waals surface area contributed by atoms with Crippen molar-refractivity contribution in [2.24, 2.45) is 0 Å². The van der Waals surface area contributed by atoms with Crippen LogP contribution in [0.3, 0.4) is 0 Å². The summed E-state index contributed by atoms with van der Waals surface area (Å²) < 4.78 is 12.3. The number of ether oxygens (including phenoxy) is 1. The van der Waals surface area contributed by atoms with E-state index in [1.54, 1.807) is 6.07 Å². The van der Waals surface area contributed by atoms with Crippen molar-refractivity contribution in [1.82, 2.24) is 4.98 Å². The largest absolute Gasteiger partial charge is 0.484 e. The van der Waals surface area contributed by atoms with Crippen molar-refractivity contribution >= 4 is 32.7 Å². The first-order valence-corrected chi connectivity index (χ1v) is 6.95. The van der Waals surface area contributed by atoms with E-state index in [4.69, 9.17) is 14.9 Å². The molecule has 0 spiro atoms. The fraction of sp³-hybridized carbons (Fsp3) is 0.133. The number of aryl methyl sites for hydroxylation is 1. The third kappa shape index (κ3) is 2.49. The molecule has 0 bridgehead atoms. The number of halogens is 1. The molecule has 20 heavy (non-hydrogen) atoms. The third-order valence-corrected chi connectivity index (χ3v) is 3.88. The molecule has 1 aromatic heterocycles. The van der Waals surface area contributed by atoms with E-state index in [1.807, 2.05) is 37.3 Å². The van der Waals surface area contributed by atoms with Crippen LogP contribution in [0.1, 0.15) is 11.5 Å². The molecule has 0 unspecified atom stereocenters. The molecule has 0 aliphatic rings. The monoisotopic (exact) mass is 332 g/mol. The predicted octanol–water partition coefficient (Wildman–Crippen LogP) is 4.06. The zero-order chi connectivity index (χ0) is 14.1. The van der Waals surface area contributed by atoms with Crippen molar-refractivity contribution in [2.45, 2.75) is 13.5 Å². The zero-order valence-electron chi connectivity index (χ0n) is 10.9. The Kier molecular flexibility index (Phi) is 3.36. The van der Waals surface area contributed by atoms with Crippen molar-refractivity contribution in [1.29, 1.82) is 0 Å². The topological polar surface area (TPSA) is 61.3 Å². The summed E-state index contributed by atoms with van der Waals surface area (Å²) in [5.41, 5.74) is 8.92. The molecule has 0 aliphatic heterocycles. The number of rotatable bonds is 3. The first-order valence-electron chi connectivity index (χ1n) is 6.16. The highest BCUT2D eigenvalue weighted by Gasteiger charge is 2.08. The Hall–Kier alpha value is -2.01. The lowest BCUT2D eigenvalue weighted by atomic mass is 10.2. The van der Waals surface area contributed by atoms with Crippen LogP contribution in [0.15, 0.2) is 45.3 Å². The lowest BCUT2D eigenvalue weighted by Gasteiger charge is -2.05. The summed E-state index contributed by atoms with van der Waals surface area (Å²) in [4.78, 5) is 4.34. The molecule has 0 fully saturated rings. The first-order chi connectivity index (χ1) is 9.63. The van der Waals surface area contributed by atoms with Gasteiger partial charge in [-0.1, -0.05) is 22.0 Å². The summed E-state index contributed by atoms with van der Waals surface area (Å²) in [6, 6.07) is 11.3. The molecule has 3 rings (SSSR count). The van der Waals surface area contributed by atoms with Crippen molar-refractivity contribution < 1.29 is 9.15 Å². The number of benzene rings is 2. The van der Waals surface area contributed by atoms with Gasteiger partial charge in [-0.05, 0) is 42.8 Å². The van der Waals surface area contributed by atoms with Gasteiger partial charge in [-0.15, -0.1) is 0 Å². The smallest absolute Gasteiger partial charge is 0.233 e. The summed E-state index contributed by atoms with van der Waals surface area (Å²) in [6.07, 6.45) is 0. The van der Waals surface area contributed by atoms with Gasteiger partial charge >= 0.3 is 0 Å². The van der Waals surface area contributed by atoms with E-state index in [-0.39, 0.29) is 6.61 Å². The van der Waals surface area contributed by atoms with Gasteiger partial charge in [0.15, 0.2) is 12.2 Å². The second kappa shape index (κ2) is 5.17. The number of oxazole rings is 1. The van der Waals surface area contributed by atoms with Gasteiger partial charge in [-0.2, -0.15) is 0 Å². The third-order valence-electron chi connectivity index (χ3n) is 2.99. The zero-order valence-corrected chi connectivity index (χ0v) is 12.5. The average Bonchev–Trinajstić information content (AvgIpc) is 2.85. The number of nitrogens with two attached hydrogens (primary N) is 1. The fourth-order valence-electron chi connectivity index (χ4n) is 1.93. The highest BCUT2D eigenvalue weighted by atomic mass is 79.9. The normalized spacial score (nSPS) is 10.9. The van der Waals surface area contributed by atoms with E-state index in [9.17, 15) is 0 Å². The fourth-order valence-corrected chi connectivity index (χ4v) is 2.18. The summed E-state index contributed by atoms with van der Waals surface area (Å²) >= 11 is 3.46. The summed E-state index contributed by atoms with van der Waals surface area (Å²) in [5.74, 6) is 1.29. The molecule has 2 N–H and O–H groups in total. The standard InChI is InChI=1S/C15H13BrN2O2/c1-9-7-10(5-6-11(9)16)19-8-14-18-15-12(17)3-2-4-13(15)20-14/h2-7H,8,17H2,1H3. The van der Waals surface area contributed by atoms with Gasteiger partial charge in [0.1, 0.15) is 11.3 Å². The Morgan fingerprint density at radius 1 is 1.30 bits per heavy atom. The highest BCUT2D eigenvalue weighted by molar-refractivity contribution is 9.10. The Morgan fingerprint density at radius 2 is 2.15 bits per heavy atom. The van der Waals surface area contributed by atoms with E-state index in [0.717, 1.165) is 15.8 Å². The van der Waals surface area contributed by atoms with Gasteiger partial charge in [0.25, 0.3) is 0 Å². The summed E-state index contributed by atoms with van der Waals surface area (Å²) in [6.45, 7) is 2.28. The van der Waals surface area contributed by atoms with Gasteiger partial charge in [-0.3, -0.25) is 0 Å². The van der Waals surface area contributed by atoms with E-state index in [2.05, 4.69) is 20.9 Å². The van der Waals surface area contributed by atoms with Crippen LogP contribution in [0.5, 0.6) is 5.75 Å². The van der Waals surface area contributed by atoms with E-state index < -0.39 is 0 Å². The van der Waals surface area contributed by atoms with Crippen molar-refractivity contribution in [2.75, 3.05) is 5.73 Å². The molecule has 3 aromatic rings. The molecule has 102 valence electrons. The van der Waals surface area contributed by atoms with E-state index >= 15 is 0 Å². The molecule has 0 radical (unpaired) electrons. The molecule has 0 atom stereocenters. The van der Waals surface area contributed by atoms with Crippen LogP contribution in [0.25, 0.3) is 11.1 Å². The van der Waals surface area contributed by atoms with E-state index in [1.165, 1.54) is 0 Å². The van der Waals surface area contributed by atoms with Crippen LogP contribution in [0.2, 0.25) is 0 Å². The molecule has 2 aromatic carbocycles. The minimum atomic E-state index is 0.273. The quantitative estimate of drug-likeness (QED) is 0.734. The van der Waals surface area contributed by atoms with Gasteiger partial charge < -0.3 is 14.9 Å². The number of nitrogen functional groups attached to an aromatic ring is 1. The van der Waals surface area contributed by atoms with Gasteiger partial charge in [0.05, 0.1) is 5.69 Å². The van der Waals surface area contributed by atoms with Crippen molar-refractivity contribution in [3.05, 3.63) is 52.3 Å². The second-order valence-corrected chi connectivity index (χ2v) is 5.36. The highest BCUT2D eigenvalue weighted by Crippen LogP contribution is 2.24. The Labute approximate surface area is 124 Å². The number of hydrogen-bond acceptors (Lipinski definition) is 4. The van der Waals surface area contributed by atoms with Crippen LogP contribution in [-0.4, -0.2) is 4.98 Å². The maximum absolute atomic E-state index is 5.84. The maximum Gasteiger partial charge on any atom is 0.233 e. The van der Waals surface area contributed by atoms with Gasteiger partial charge in [0, 0.05) is 4.47 Å². The molecular formula is C15H13BrN2O2. The van der Waals surface area contributed by atoms with Gasteiger partial charge in [-0.25, -0.2) is 4.98 Å². The summed E-state index contributed by atoms with van der Waals surface area (Å²) in [5, 5.41) is 0. The number of anilines is 1. The first kappa shape index (κ1) is 13.0. The van der Waals surface area contributed by atoms with Crippen molar-refractivity contribution in [3.63, 3.8) is 0 Å². The van der Waals surface area contributed by atoms with Crippen LogP contribution in [0.4, 0.5) is 5.69 Å². The summed E-state index contributed by atoms with van der Waals surface area (Å²) in [7, 11) is 0. The molecule has 0 amide bonds. The van der Waals surface area contributed by atoms with Gasteiger partial charge in [0.2, 0.25) is 5.89 Å². The molecule has 1 heterocycles. The number of aromatic nitrogens is 1. The van der Waals surface area contributed by atoms with Crippen LogP contribution >= 0.6 is 15.9 Å². The van der Waals surface area contributed by atoms with E-state index in [0.29, 0.717) is 22.7 Å². The molecule has 5 heteroatoms. The number of hydrogen-bond donors (Lipinski definition) is 1. The molecule has 0 saturated heterocycles. The number of para-hydroxylation sites is 1. The maximum atomic E-state index is 5.84. The van der Waals surface area contributed by atoms with Crippen LogP contribution < -0.4 is 10.5 Å². The average molecular weight is 333 g/mol. The molecule has 0 aliphatic carbocycles.